The Bertz CT molecular complexity index is 1090. The van der Waals surface area contributed by atoms with Crippen LogP contribution in [0, 0.1) is 0 Å². The molecule has 0 aromatic heterocycles. The first kappa shape index (κ1) is 21.5. The zero-order valence-corrected chi connectivity index (χ0v) is 18.8. The summed E-state index contributed by atoms with van der Waals surface area (Å²) in [6.45, 7) is 0.0381. The van der Waals surface area contributed by atoms with E-state index >= 15 is 0 Å². The first-order valence-electron chi connectivity index (χ1n) is 9.67. The van der Waals surface area contributed by atoms with Crippen LogP contribution in [0.1, 0.15) is 0 Å². The van der Waals surface area contributed by atoms with E-state index in [-0.39, 0.29) is 35.2 Å². The molecular weight excluding hydrogens is 438 g/mol. The number of amides is 1. The fourth-order valence-electron chi connectivity index (χ4n) is 3.52. The zero-order valence-electron chi connectivity index (χ0n) is 17.1. The Morgan fingerprint density at radius 3 is 2.26 bits per heavy atom. The molecular formula is C21H23N3O5S2. The molecule has 2 aliphatic rings. The van der Waals surface area contributed by atoms with Crippen LogP contribution in [-0.2, 0) is 14.6 Å². The molecule has 0 bridgehead atoms. The number of ether oxygens (including phenoxy) is 2. The number of sulfone groups is 1. The topological polar surface area (TPSA) is 97.3 Å². The molecule has 4 rings (SSSR count). The van der Waals surface area contributed by atoms with Crippen LogP contribution in [-0.4, -0.2) is 63.1 Å². The predicted molar refractivity (Wildman–Crippen MR) is 123 cm³/mol. The highest BCUT2D eigenvalue weighted by Gasteiger charge is 2.44. The minimum absolute atomic E-state index is 0.0381. The molecule has 10 heteroatoms. The van der Waals surface area contributed by atoms with E-state index in [2.05, 4.69) is 10.3 Å². The largest absolute Gasteiger partial charge is 0.497 e. The van der Waals surface area contributed by atoms with Gasteiger partial charge in [0.15, 0.2) is 15.0 Å². The van der Waals surface area contributed by atoms with E-state index in [9.17, 15) is 13.2 Å². The molecule has 2 aromatic rings. The lowest BCUT2D eigenvalue weighted by Crippen LogP contribution is -2.36. The lowest BCUT2D eigenvalue weighted by Gasteiger charge is -2.24. The summed E-state index contributed by atoms with van der Waals surface area (Å²) in [7, 11) is 0.125. The van der Waals surface area contributed by atoms with Crippen molar-refractivity contribution >= 4 is 44.0 Å². The van der Waals surface area contributed by atoms with Gasteiger partial charge in [0.1, 0.15) is 18.0 Å². The quantitative estimate of drug-likeness (QED) is 0.706. The molecule has 2 aromatic carbocycles. The minimum Gasteiger partial charge on any atom is -0.497 e. The van der Waals surface area contributed by atoms with E-state index in [0.29, 0.717) is 22.4 Å². The normalized spacial score (nSPS) is 21.2. The second-order valence-corrected chi connectivity index (χ2v) is 10.6. The van der Waals surface area contributed by atoms with Crippen molar-refractivity contribution in [1.82, 2.24) is 0 Å². The highest BCUT2D eigenvalue weighted by molar-refractivity contribution is 8.15. The minimum atomic E-state index is -3.05. The van der Waals surface area contributed by atoms with Gasteiger partial charge in [-0.1, -0.05) is 11.8 Å². The Morgan fingerprint density at radius 2 is 1.68 bits per heavy atom. The smallest absolute Gasteiger partial charge is 0.244 e. The number of hydrogen-bond donors (Lipinski definition) is 1. The average molecular weight is 462 g/mol. The van der Waals surface area contributed by atoms with Gasteiger partial charge in [-0.2, -0.15) is 0 Å². The first-order valence-corrected chi connectivity index (χ1v) is 12.4. The van der Waals surface area contributed by atoms with Gasteiger partial charge in [-0.15, -0.1) is 0 Å². The van der Waals surface area contributed by atoms with Gasteiger partial charge in [0.25, 0.3) is 0 Å². The maximum Gasteiger partial charge on any atom is 0.244 e. The number of anilines is 2. The van der Waals surface area contributed by atoms with Crippen molar-refractivity contribution in [3.05, 3.63) is 48.5 Å². The molecule has 1 N–H and O–H groups in total. The second-order valence-electron chi connectivity index (χ2n) is 7.27. The van der Waals surface area contributed by atoms with Gasteiger partial charge in [0.05, 0.1) is 31.8 Å². The van der Waals surface area contributed by atoms with E-state index in [1.54, 1.807) is 38.5 Å². The number of carbonyl (C=O) groups excluding carboxylic acids is 1. The van der Waals surface area contributed by atoms with Crippen molar-refractivity contribution in [2.75, 3.05) is 42.5 Å². The second kappa shape index (κ2) is 8.80. The number of nitrogens with one attached hydrogen (secondary N) is 1. The van der Waals surface area contributed by atoms with Gasteiger partial charge in [-0.25, -0.2) is 8.42 Å². The summed E-state index contributed by atoms with van der Waals surface area (Å²) in [4.78, 5) is 19.3. The van der Waals surface area contributed by atoms with Crippen LogP contribution in [0.25, 0.3) is 0 Å². The van der Waals surface area contributed by atoms with E-state index in [1.807, 2.05) is 29.2 Å². The Balaban J connectivity index is 1.54. The first-order chi connectivity index (χ1) is 14.9. The van der Waals surface area contributed by atoms with E-state index in [1.165, 1.54) is 11.8 Å². The van der Waals surface area contributed by atoms with Crippen molar-refractivity contribution in [1.29, 1.82) is 0 Å². The van der Waals surface area contributed by atoms with Gasteiger partial charge < -0.3 is 19.7 Å². The molecule has 0 saturated carbocycles. The van der Waals surface area contributed by atoms with Gasteiger partial charge in [-0.3, -0.25) is 9.79 Å². The molecule has 0 spiro atoms. The van der Waals surface area contributed by atoms with Gasteiger partial charge in [0, 0.05) is 16.6 Å². The molecule has 164 valence electrons. The number of thioether (sulfide) groups is 1. The molecule has 2 heterocycles. The van der Waals surface area contributed by atoms with Gasteiger partial charge >= 0.3 is 0 Å². The van der Waals surface area contributed by atoms with E-state index < -0.39 is 9.84 Å². The highest BCUT2D eigenvalue weighted by Crippen LogP contribution is 2.37. The van der Waals surface area contributed by atoms with Crippen molar-refractivity contribution in [3.8, 4) is 11.5 Å². The Hall–Kier alpha value is -2.72. The summed E-state index contributed by atoms with van der Waals surface area (Å²) in [5.41, 5.74) is 1.43. The number of nitrogens with zero attached hydrogens (tertiary/aromatic N) is 2. The Morgan fingerprint density at radius 1 is 1.06 bits per heavy atom. The number of methoxy groups -OCH3 is 2. The number of aliphatic imine (C=N–C) groups is 1. The van der Waals surface area contributed by atoms with Crippen molar-refractivity contribution in [2.45, 2.75) is 11.3 Å². The Labute approximate surface area is 185 Å². The van der Waals surface area contributed by atoms with Crippen LogP contribution in [0.4, 0.5) is 11.4 Å². The van der Waals surface area contributed by atoms with E-state index in [0.717, 1.165) is 5.69 Å². The standard InChI is InChI=1S/C21H23N3O5S2/c1-28-16-7-3-14(4-8-16)22-20(25)11-24(15-5-9-17(29-2)10-6-15)21-23-18-12-31(26,27)13-19(18)30-21/h3-10,18-19H,11-13H2,1-2H3,(H,22,25)/t18-,19+/m1/s1. The van der Waals surface area contributed by atoms with E-state index in [4.69, 9.17) is 9.47 Å². The number of amidine groups is 1. The third-order valence-electron chi connectivity index (χ3n) is 5.10. The van der Waals surface area contributed by atoms with Crippen molar-refractivity contribution in [2.24, 2.45) is 4.99 Å². The van der Waals surface area contributed by atoms with Crippen LogP contribution in [0.2, 0.25) is 0 Å². The van der Waals surface area contributed by atoms with Crippen molar-refractivity contribution in [3.63, 3.8) is 0 Å². The lowest BCUT2D eigenvalue weighted by molar-refractivity contribution is -0.114. The van der Waals surface area contributed by atoms with Crippen LogP contribution < -0.4 is 19.7 Å². The third kappa shape index (κ3) is 4.96. The molecule has 31 heavy (non-hydrogen) atoms. The average Bonchev–Trinajstić information content (AvgIpc) is 3.26. The third-order valence-corrected chi connectivity index (χ3v) is 8.34. The lowest BCUT2D eigenvalue weighted by atomic mass is 10.2. The molecule has 8 nitrogen and oxygen atoms in total. The number of rotatable bonds is 6. The molecule has 1 fully saturated rings. The number of fused-ring (bicyclic) bond motifs is 1. The monoisotopic (exact) mass is 461 g/mol. The SMILES string of the molecule is COc1ccc(NC(=O)CN(C2=N[C@@H]3CS(=O)(=O)C[C@@H]3S2)c2ccc(OC)cc2)cc1. The Kier molecular flexibility index (Phi) is 6.10. The fraction of sp³-hybridized carbons (Fsp3) is 0.333. The molecule has 2 atom stereocenters. The summed E-state index contributed by atoms with van der Waals surface area (Å²) in [6, 6.07) is 14.2. The highest BCUT2D eigenvalue weighted by atomic mass is 32.2. The van der Waals surface area contributed by atoms with Crippen LogP contribution in [0.15, 0.2) is 53.5 Å². The summed E-state index contributed by atoms with van der Waals surface area (Å²) in [5, 5.41) is 3.43. The fourth-order valence-corrected chi connectivity index (χ4v) is 7.30. The molecule has 0 unspecified atom stereocenters. The van der Waals surface area contributed by atoms with Crippen molar-refractivity contribution < 1.29 is 22.7 Å². The summed E-state index contributed by atoms with van der Waals surface area (Å²) in [5.74, 6) is 1.37. The molecule has 1 saturated heterocycles. The molecule has 1 amide bonds. The van der Waals surface area contributed by atoms with Gasteiger partial charge in [0.2, 0.25) is 5.91 Å². The molecule has 0 aliphatic carbocycles. The zero-order chi connectivity index (χ0) is 22.0. The maximum absolute atomic E-state index is 12.8. The molecule has 2 aliphatic heterocycles. The summed E-state index contributed by atoms with van der Waals surface area (Å²) < 4.78 is 34.2. The molecule has 0 radical (unpaired) electrons. The summed E-state index contributed by atoms with van der Waals surface area (Å²) >= 11 is 1.42. The number of carbonyl (C=O) groups is 1. The predicted octanol–water partition coefficient (Wildman–Crippen LogP) is 2.42. The van der Waals surface area contributed by atoms with Crippen LogP contribution in [0.3, 0.4) is 0 Å². The maximum atomic E-state index is 12.8. The van der Waals surface area contributed by atoms with Crippen LogP contribution >= 0.6 is 11.8 Å². The number of benzene rings is 2. The number of hydrogen-bond acceptors (Lipinski definition) is 8. The van der Waals surface area contributed by atoms with Crippen LogP contribution in [0.5, 0.6) is 11.5 Å². The summed E-state index contributed by atoms with van der Waals surface area (Å²) in [6.07, 6.45) is 0. The van der Waals surface area contributed by atoms with Gasteiger partial charge in [-0.05, 0) is 48.5 Å².